The zero-order valence-corrected chi connectivity index (χ0v) is 15.6. The maximum atomic E-state index is 6.12. The molecule has 21 heavy (non-hydrogen) atoms. The summed E-state index contributed by atoms with van der Waals surface area (Å²) in [4.78, 5) is 0. The molecule has 112 valence electrons. The third kappa shape index (κ3) is 4.83. The summed E-state index contributed by atoms with van der Waals surface area (Å²) in [6.07, 6.45) is 0. The van der Waals surface area contributed by atoms with Crippen molar-refractivity contribution in [3.8, 4) is 11.5 Å². The van der Waals surface area contributed by atoms with E-state index in [1.165, 1.54) is 0 Å². The van der Waals surface area contributed by atoms with Gasteiger partial charge in [-0.05, 0) is 42.8 Å². The number of hydrogen-bond donors (Lipinski definition) is 1. The van der Waals surface area contributed by atoms with Crippen LogP contribution in [0, 0.1) is 6.92 Å². The van der Waals surface area contributed by atoms with Crippen molar-refractivity contribution < 1.29 is 4.74 Å². The van der Waals surface area contributed by atoms with Crippen molar-refractivity contribution >= 4 is 31.9 Å². The Morgan fingerprint density at radius 2 is 1.67 bits per heavy atom. The van der Waals surface area contributed by atoms with E-state index < -0.39 is 0 Å². The topological polar surface area (TPSA) is 21.3 Å². The molecule has 0 radical (unpaired) electrons. The minimum absolute atomic E-state index is 0.441. The molecule has 0 bridgehead atoms. The Labute approximate surface area is 143 Å². The molecule has 0 heterocycles. The summed E-state index contributed by atoms with van der Waals surface area (Å²) in [6, 6.07) is 12.6. The number of nitrogens with one attached hydrogen (secondary N) is 1. The van der Waals surface area contributed by atoms with Crippen LogP contribution in [-0.4, -0.2) is 6.04 Å². The van der Waals surface area contributed by atoms with E-state index in [1.807, 2.05) is 31.2 Å². The van der Waals surface area contributed by atoms with E-state index in [0.29, 0.717) is 6.04 Å². The van der Waals surface area contributed by atoms with E-state index in [1.54, 1.807) is 0 Å². The highest BCUT2D eigenvalue weighted by Crippen LogP contribution is 2.31. The average molecular weight is 413 g/mol. The Bertz CT molecular complexity index is 626. The molecule has 0 fully saturated rings. The lowest BCUT2D eigenvalue weighted by molar-refractivity contribution is 0.465. The molecule has 1 N–H and O–H groups in total. The molecule has 0 spiro atoms. The van der Waals surface area contributed by atoms with Crippen LogP contribution in [0.3, 0.4) is 0 Å². The molecule has 0 aliphatic rings. The SMILES string of the molecule is Cc1cc(Br)ccc1Oc1cc(Br)ccc1CNC(C)C. The van der Waals surface area contributed by atoms with Gasteiger partial charge in [-0.3, -0.25) is 0 Å². The standard InChI is InChI=1S/C17H19Br2NO/c1-11(2)20-10-13-4-5-15(19)9-17(13)21-16-7-6-14(18)8-12(16)3/h4-9,11,20H,10H2,1-3H3. The van der Waals surface area contributed by atoms with Crippen molar-refractivity contribution in [2.24, 2.45) is 0 Å². The van der Waals surface area contributed by atoms with Crippen LogP contribution in [-0.2, 0) is 6.54 Å². The maximum absolute atomic E-state index is 6.12. The van der Waals surface area contributed by atoms with Gasteiger partial charge in [0.25, 0.3) is 0 Å². The van der Waals surface area contributed by atoms with E-state index >= 15 is 0 Å². The molecule has 0 aliphatic carbocycles. The lowest BCUT2D eigenvalue weighted by atomic mass is 10.2. The maximum Gasteiger partial charge on any atom is 0.133 e. The Morgan fingerprint density at radius 1 is 1.00 bits per heavy atom. The van der Waals surface area contributed by atoms with E-state index in [4.69, 9.17) is 4.74 Å². The van der Waals surface area contributed by atoms with Crippen LogP contribution in [0.1, 0.15) is 25.0 Å². The van der Waals surface area contributed by atoms with Gasteiger partial charge in [0.05, 0.1) is 0 Å². The number of benzene rings is 2. The van der Waals surface area contributed by atoms with E-state index in [9.17, 15) is 0 Å². The van der Waals surface area contributed by atoms with Crippen molar-refractivity contribution in [1.29, 1.82) is 0 Å². The van der Waals surface area contributed by atoms with Crippen molar-refractivity contribution in [2.75, 3.05) is 0 Å². The highest BCUT2D eigenvalue weighted by Gasteiger charge is 2.08. The van der Waals surface area contributed by atoms with Crippen LogP contribution in [0.25, 0.3) is 0 Å². The van der Waals surface area contributed by atoms with Gasteiger partial charge in [-0.25, -0.2) is 0 Å². The van der Waals surface area contributed by atoms with E-state index in [0.717, 1.165) is 38.1 Å². The quantitative estimate of drug-likeness (QED) is 0.668. The fourth-order valence-electron chi connectivity index (χ4n) is 1.93. The first-order valence-corrected chi connectivity index (χ1v) is 8.50. The van der Waals surface area contributed by atoms with E-state index in [2.05, 4.69) is 63.2 Å². The van der Waals surface area contributed by atoms with Crippen molar-refractivity contribution in [3.05, 3.63) is 56.5 Å². The molecule has 0 unspecified atom stereocenters. The highest BCUT2D eigenvalue weighted by molar-refractivity contribution is 9.10. The summed E-state index contributed by atoms with van der Waals surface area (Å²) in [5.41, 5.74) is 2.25. The van der Waals surface area contributed by atoms with Gasteiger partial charge < -0.3 is 10.1 Å². The summed E-state index contributed by atoms with van der Waals surface area (Å²) in [7, 11) is 0. The second-order valence-electron chi connectivity index (χ2n) is 5.30. The second kappa shape index (κ2) is 7.43. The summed E-state index contributed by atoms with van der Waals surface area (Å²) >= 11 is 6.99. The Hall–Kier alpha value is -0.840. The van der Waals surface area contributed by atoms with Gasteiger partial charge in [0.2, 0.25) is 0 Å². The third-order valence-corrected chi connectivity index (χ3v) is 4.07. The van der Waals surface area contributed by atoms with Crippen molar-refractivity contribution in [2.45, 2.75) is 33.4 Å². The van der Waals surface area contributed by atoms with Crippen LogP contribution >= 0.6 is 31.9 Å². The highest BCUT2D eigenvalue weighted by atomic mass is 79.9. The summed E-state index contributed by atoms with van der Waals surface area (Å²) < 4.78 is 8.19. The molecule has 4 heteroatoms. The number of halogens is 2. The third-order valence-electron chi connectivity index (χ3n) is 3.09. The molecule has 0 atom stereocenters. The fourth-order valence-corrected chi connectivity index (χ4v) is 2.74. The number of ether oxygens (including phenoxy) is 1. The average Bonchev–Trinajstić information content (AvgIpc) is 2.41. The van der Waals surface area contributed by atoms with Gasteiger partial charge in [0.15, 0.2) is 0 Å². The predicted octanol–water partition coefficient (Wildman–Crippen LogP) is 5.81. The first-order valence-electron chi connectivity index (χ1n) is 6.91. The van der Waals surface area contributed by atoms with Crippen molar-refractivity contribution in [1.82, 2.24) is 5.32 Å². The van der Waals surface area contributed by atoms with Gasteiger partial charge in [0.1, 0.15) is 11.5 Å². The van der Waals surface area contributed by atoms with Gasteiger partial charge in [0, 0.05) is 27.1 Å². The molecule has 2 nitrogen and oxygen atoms in total. The lowest BCUT2D eigenvalue weighted by Gasteiger charge is -2.15. The number of hydrogen-bond acceptors (Lipinski definition) is 2. The molecular weight excluding hydrogens is 394 g/mol. The molecule has 0 saturated heterocycles. The van der Waals surface area contributed by atoms with Crippen LogP contribution in [0.4, 0.5) is 0 Å². The summed E-state index contributed by atoms with van der Waals surface area (Å²) in [5.74, 6) is 1.75. The monoisotopic (exact) mass is 411 g/mol. The Balaban J connectivity index is 2.27. The largest absolute Gasteiger partial charge is 0.457 e. The summed E-state index contributed by atoms with van der Waals surface area (Å²) in [5, 5.41) is 3.43. The van der Waals surface area contributed by atoms with Crippen LogP contribution in [0.2, 0.25) is 0 Å². The predicted molar refractivity (Wildman–Crippen MR) is 95.1 cm³/mol. The van der Waals surface area contributed by atoms with E-state index in [-0.39, 0.29) is 0 Å². The first kappa shape index (κ1) is 16.5. The summed E-state index contributed by atoms with van der Waals surface area (Å²) in [6.45, 7) is 7.11. The minimum Gasteiger partial charge on any atom is -0.457 e. The molecule has 2 rings (SSSR count). The zero-order chi connectivity index (χ0) is 15.4. The van der Waals surface area contributed by atoms with Crippen molar-refractivity contribution in [3.63, 3.8) is 0 Å². The normalized spacial score (nSPS) is 11.0. The van der Waals surface area contributed by atoms with Gasteiger partial charge in [-0.15, -0.1) is 0 Å². The smallest absolute Gasteiger partial charge is 0.133 e. The molecule has 2 aromatic carbocycles. The fraction of sp³-hybridized carbons (Fsp3) is 0.294. The lowest BCUT2D eigenvalue weighted by Crippen LogP contribution is -2.22. The van der Waals surface area contributed by atoms with Crippen LogP contribution in [0.5, 0.6) is 11.5 Å². The van der Waals surface area contributed by atoms with Gasteiger partial charge in [-0.1, -0.05) is 51.8 Å². The second-order valence-corrected chi connectivity index (χ2v) is 7.13. The van der Waals surface area contributed by atoms with Crippen LogP contribution in [0.15, 0.2) is 45.3 Å². The Morgan fingerprint density at radius 3 is 2.33 bits per heavy atom. The van der Waals surface area contributed by atoms with Gasteiger partial charge in [-0.2, -0.15) is 0 Å². The number of aryl methyl sites for hydroxylation is 1. The molecule has 0 aliphatic heterocycles. The molecule has 0 amide bonds. The van der Waals surface area contributed by atoms with Gasteiger partial charge >= 0.3 is 0 Å². The first-order chi connectivity index (χ1) is 9.95. The molecule has 0 saturated carbocycles. The Kier molecular flexibility index (Phi) is 5.85. The molecule has 2 aromatic rings. The number of rotatable bonds is 5. The molecular formula is C17H19Br2NO. The van der Waals surface area contributed by atoms with Crippen LogP contribution < -0.4 is 10.1 Å². The molecule has 0 aromatic heterocycles. The minimum atomic E-state index is 0.441. The zero-order valence-electron chi connectivity index (χ0n) is 12.4.